The van der Waals surface area contributed by atoms with E-state index in [0.717, 1.165) is 50.1 Å². The standard InChI is InChI=1S/C37H48ClF3O5S2/c38-30-20-12-10-8-6-4-2-1-3-5-7-9-11-13-21-31-45-36(42)37(40,41)48(43,44)46-47(33-22-16-14-17-23-33,34-24-18-15-19-25-34)35-28-26-32(39)27-29-35/h14-19,22-29H,1-13,20-21,30-31H2. The Morgan fingerprint density at radius 3 is 1.38 bits per heavy atom. The fourth-order valence-corrected chi connectivity index (χ4v) is 10.6. The van der Waals surface area contributed by atoms with E-state index in [4.69, 9.17) is 20.0 Å². The number of halogens is 4. The van der Waals surface area contributed by atoms with Crippen molar-refractivity contribution in [2.75, 3.05) is 12.5 Å². The van der Waals surface area contributed by atoms with Crippen molar-refractivity contribution >= 4 is 38.0 Å². The first-order valence-corrected chi connectivity index (χ1v) is 20.4. The van der Waals surface area contributed by atoms with E-state index >= 15 is 8.78 Å². The van der Waals surface area contributed by atoms with E-state index < -0.39 is 37.5 Å². The van der Waals surface area contributed by atoms with Crippen LogP contribution in [0, 0.1) is 5.82 Å². The molecular weight excluding hydrogens is 681 g/mol. The summed E-state index contributed by atoms with van der Waals surface area (Å²) in [5, 5.41) is -4.99. The van der Waals surface area contributed by atoms with Gasteiger partial charge < -0.3 is 4.74 Å². The number of esters is 1. The molecule has 0 fully saturated rings. The van der Waals surface area contributed by atoms with E-state index in [1.165, 1.54) is 63.5 Å². The minimum Gasteiger partial charge on any atom is -0.460 e. The fourth-order valence-electron chi connectivity index (χ4n) is 5.40. The van der Waals surface area contributed by atoms with E-state index in [0.29, 0.717) is 12.8 Å². The molecule has 0 N–H and O–H groups in total. The molecule has 3 aromatic rings. The van der Waals surface area contributed by atoms with Crippen LogP contribution in [0.25, 0.3) is 0 Å². The molecule has 0 saturated carbocycles. The number of alkyl halides is 3. The lowest BCUT2D eigenvalue weighted by Gasteiger charge is -2.39. The first-order chi connectivity index (χ1) is 23.1. The largest absolute Gasteiger partial charge is 0.466 e. The van der Waals surface area contributed by atoms with Gasteiger partial charge in [-0.1, -0.05) is 120 Å². The molecule has 0 aliphatic heterocycles. The van der Waals surface area contributed by atoms with Crippen molar-refractivity contribution in [3.8, 4) is 0 Å². The Bertz CT molecular complexity index is 1400. The normalized spacial score (nSPS) is 12.6. The van der Waals surface area contributed by atoms with Crippen molar-refractivity contribution in [3.05, 3.63) is 90.7 Å². The highest BCUT2D eigenvalue weighted by Gasteiger charge is 2.58. The van der Waals surface area contributed by atoms with Gasteiger partial charge in [0.1, 0.15) is 5.82 Å². The summed E-state index contributed by atoms with van der Waals surface area (Å²) < 4.78 is 81.7. The third-order valence-electron chi connectivity index (χ3n) is 8.05. The smallest absolute Gasteiger partial charge is 0.460 e. The quantitative estimate of drug-likeness (QED) is 0.0522. The molecule has 3 rings (SSSR count). The first kappa shape index (κ1) is 39.9. The van der Waals surface area contributed by atoms with Gasteiger partial charge in [-0.2, -0.15) is 17.2 Å². The van der Waals surface area contributed by atoms with E-state index in [1.807, 2.05) is 0 Å². The zero-order chi connectivity index (χ0) is 34.7. The van der Waals surface area contributed by atoms with Crippen LogP contribution >= 0.6 is 21.9 Å². The minimum atomic E-state index is -5.91. The van der Waals surface area contributed by atoms with Gasteiger partial charge in [0.05, 0.1) is 6.61 Å². The van der Waals surface area contributed by atoms with Gasteiger partial charge >= 0.3 is 21.3 Å². The second-order valence-electron chi connectivity index (χ2n) is 11.8. The Balaban J connectivity index is 1.51. The van der Waals surface area contributed by atoms with Crippen molar-refractivity contribution in [3.63, 3.8) is 0 Å². The molecule has 11 heteroatoms. The molecule has 0 spiro atoms. The highest BCUT2D eigenvalue weighted by Crippen LogP contribution is 2.70. The molecule has 0 amide bonds. The molecule has 0 aliphatic rings. The molecule has 0 saturated heterocycles. The Morgan fingerprint density at radius 2 is 0.958 bits per heavy atom. The van der Waals surface area contributed by atoms with E-state index in [2.05, 4.69) is 0 Å². The van der Waals surface area contributed by atoms with E-state index in [-0.39, 0.29) is 21.3 Å². The lowest BCUT2D eigenvalue weighted by atomic mass is 10.0. The summed E-state index contributed by atoms with van der Waals surface area (Å²) in [5.74, 6) is -2.04. The van der Waals surface area contributed by atoms with Crippen LogP contribution in [-0.4, -0.2) is 32.1 Å². The van der Waals surface area contributed by atoms with Crippen LogP contribution in [0.1, 0.15) is 96.3 Å². The number of ether oxygens (including phenoxy) is 1. The number of hydrogen-bond donors (Lipinski definition) is 0. The third kappa shape index (κ3) is 11.8. The van der Waals surface area contributed by atoms with Gasteiger partial charge in [0.2, 0.25) is 0 Å². The van der Waals surface area contributed by atoms with E-state index in [1.54, 1.807) is 60.7 Å². The zero-order valence-electron chi connectivity index (χ0n) is 27.5. The van der Waals surface area contributed by atoms with Gasteiger partial charge in [-0.3, -0.25) is 0 Å². The SMILES string of the molecule is O=C(OCCCCCCCCCCCCCCCCCCl)C(F)(F)S(=O)(=O)OS(c1ccccc1)(c1ccccc1)c1ccc(F)cc1. The predicted octanol–water partition coefficient (Wildman–Crippen LogP) is 11.6. The monoisotopic (exact) mass is 728 g/mol. The van der Waals surface area contributed by atoms with Crippen molar-refractivity contribution in [2.24, 2.45) is 0 Å². The van der Waals surface area contributed by atoms with Crippen molar-refractivity contribution in [2.45, 2.75) is 116 Å². The Morgan fingerprint density at radius 1 is 0.583 bits per heavy atom. The summed E-state index contributed by atoms with van der Waals surface area (Å²) >= 11 is 5.70. The van der Waals surface area contributed by atoms with Crippen LogP contribution in [0.2, 0.25) is 0 Å². The summed E-state index contributed by atoms with van der Waals surface area (Å²) in [6, 6.07) is 20.8. The third-order valence-corrected chi connectivity index (χ3v) is 13.5. The fraction of sp³-hybridized carbons (Fsp3) is 0.486. The molecule has 266 valence electrons. The van der Waals surface area contributed by atoms with Gasteiger partial charge in [-0.15, -0.1) is 11.6 Å². The van der Waals surface area contributed by atoms with Crippen LogP contribution in [0.3, 0.4) is 0 Å². The number of unbranched alkanes of at least 4 members (excludes halogenated alkanes) is 14. The average Bonchev–Trinajstić information content (AvgIpc) is 3.09. The van der Waals surface area contributed by atoms with Crippen molar-refractivity contribution in [1.29, 1.82) is 0 Å². The number of carbonyl (C=O) groups excluding carboxylic acids is 1. The highest BCUT2D eigenvalue weighted by molar-refractivity contribution is 8.33. The first-order valence-electron chi connectivity index (χ1n) is 16.9. The van der Waals surface area contributed by atoms with Crippen LogP contribution in [0.15, 0.2) is 99.6 Å². The topological polar surface area (TPSA) is 69.7 Å². The average molecular weight is 729 g/mol. The van der Waals surface area contributed by atoms with Gasteiger partial charge in [0, 0.05) is 20.6 Å². The molecule has 0 unspecified atom stereocenters. The molecular formula is C37H48ClF3O5S2. The molecule has 0 heterocycles. The second kappa shape index (κ2) is 20.9. The Labute approximate surface area is 291 Å². The number of benzene rings is 3. The van der Waals surface area contributed by atoms with Gasteiger partial charge in [-0.05, 0) is 71.7 Å². The molecule has 0 bridgehead atoms. The molecule has 0 aliphatic carbocycles. The molecule has 48 heavy (non-hydrogen) atoms. The zero-order valence-corrected chi connectivity index (χ0v) is 29.9. The molecule has 0 aromatic heterocycles. The van der Waals surface area contributed by atoms with Crippen LogP contribution in [-0.2, 0) is 23.3 Å². The highest BCUT2D eigenvalue weighted by atomic mass is 35.5. The van der Waals surface area contributed by atoms with Gasteiger partial charge in [0.15, 0.2) is 0 Å². The molecule has 3 aromatic carbocycles. The molecule has 0 atom stereocenters. The van der Waals surface area contributed by atoms with Crippen LogP contribution in [0.4, 0.5) is 13.2 Å². The van der Waals surface area contributed by atoms with Crippen LogP contribution < -0.4 is 0 Å². The van der Waals surface area contributed by atoms with Gasteiger partial charge in [-0.25, -0.2) is 12.8 Å². The maximum atomic E-state index is 15.4. The Kier molecular flexibility index (Phi) is 17.3. The van der Waals surface area contributed by atoms with Crippen molar-refractivity contribution < 1.29 is 34.7 Å². The van der Waals surface area contributed by atoms with Gasteiger partial charge in [0.25, 0.3) is 0 Å². The predicted molar refractivity (Wildman–Crippen MR) is 188 cm³/mol. The summed E-state index contributed by atoms with van der Waals surface area (Å²) in [5.41, 5.74) is 0. The molecule has 5 nitrogen and oxygen atoms in total. The maximum Gasteiger partial charge on any atom is 0.466 e. The minimum absolute atomic E-state index is 0.151. The van der Waals surface area contributed by atoms with Crippen molar-refractivity contribution in [1.82, 2.24) is 0 Å². The lowest BCUT2D eigenvalue weighted by molar-refractivity contribution is -0.161. The maximum absolute atomic E-state index is 15.4. The van der Waals surface area contributed by atoms with Crippen LogP contribution in [0.5, 0.6) is 0 Å². The second-order valence-corrected chi connectivity index (χ2v) is 16.7. The summed E-state index contributed by atoms with van der Waals surface area (Å²) in [6.07, 6.45) is 16.3. The Hall–Kier alpha value is -2.53. The summed E-state index contributed by atoms with van der Waals surface area (Å²) in [4.78, 5) is 13.2. The number of hydrogen-bond acceptors (Lipinski definition) is 5. The van der Waals surface area contributed by atoms with E-state index in [9.17, 15) is 17.6 Å². The summed E-state index contributed by atoms with van der Waals surface area (Å²) in [6.45, 7) is -0.330. The summed E-state index contributed by atoms with van der Waals surface area (Å²) in [7, 11) is -9.34. The number of rotatable bonds is 24. The molecule has 0 radical (unpaired) electrons. The lowest BCUT2D eigenvalue weighted by Crippen LogP contribution is -2.41. The number of carbonyl (C=O) groups is 1.